The molecule has 240 valence electrons. The number of furan rings is 1. The summed E-state index contributed by atoms with van der Waals surface area (Å²) in [6, 6.07) is 59.1. The van der Waals surface area contributed by atoms with Crippen LogP contribution in [0.5, 0.6) is 0 Å². The molecule has 0 saturated carbocycles. The van der Waals surface area contributed by atoms with Crippen LogP contribution in [-0.4, -0.2) is 4.57 Å². The smallest absolute Gasteiger partial charge is 0.135 e. The van der Waals surface area contributed by atoms with Crippen LogP contribution in [0.3, 0.4) is 0 Å². The third kappa shape index (κ3) is 4.31. The Morgan fingerprint density at radius 3 is 1.94 bits per heavy atom. The highest BCUT2D eigenvalue weighted by atomic mass is 16.3. The monoisotopic (exact) mass is 652 g/mol. The Morgan fingerprint density at radius 2 is 1.12 bits per heavy atom. The normalized spacial score (nSPS) is 15.4. The van der Waals surface area contributed by atoms with Crippen molar-refractivity contribution in [1.29, 1.82) is 0 Å². The Hall–Kier alpha value is -6.58. The molecule has 0 N–H and O–H groups in total. The van der Waals surface area contributed by atoms with Crippen molar-refractivity contribution < 1.29 is 4.42 Å². The standard InChI is InChI=1S/C48H32N2O/c1-3-11-35(12-4-1)49-43-17-9-7-15-37(43)39-23-19-33(29-45(39)49)31-21-25-47-41(27-31)42-28-32(22-26-48(42)51-47)34-20-24-40-38-16-8-10-18-44(38)50(46(40)30-34)36-13-5-2-6-14-36/h1-23,25-30,40H,24H2. The molecule has 1 aliphatic carbocycles. The van der Waals surface area contributed by atoms with Crippen molar-refractivity contribution in [2.45, 2.75) is 12.3 Å². The Balaban J connectivity index is 1.02. The van der Waals surface area contributed by atoms with Crippen LogP contribution in [0.15, 0.2) is 186 Å². The largest absolute Gasteiger partial charge is 0.456 e. The Bertz CT molecular complexity index is 2890. The molecule has 3 heterocycles. The number of benzene rings is 7. The Morgan fingerprint density at radius 1 is 0.490 bits per heavy atom. The van der Waals surface area contributed by atoms with Gasteiger partial charge in [-0.25, -0.2) is 0 Å². The SMILES string of the molecule is C1=C(c2ccc3oc4ccc(-c5ccc6c7ccccc7n(-c7ccccc7)c6c5)cc4c3c2)C=C2C(C1)c1ccccc1N2c1ccccc1. The minimum atomic E-state index is 0.351. The molecule has 3 heteroatoms. The van der Waals surface area contributed by atoms with Crippen LogP contribution in [0.2, 0.25) is 0 Å². The Kier molecular flexibility index (Phi) is 6.08. The van der Waals surface area contributed by atoms with E-state index in [4.69, 9.17) is 4.42 Å². The van der Waals surface area contributed by atoms with Crippen molar-refractivity contribution in [2.24, 2.45) is 0 Å². The van der Waals surface area contributed by atoms with E-state index in [1.807, 2.05) is 0 Å². The molecular weight excluding hydrogens is 621 g/mol. The van der Waals surface area contributed by atoms with E-state index < -0.39 is 0 Å². The molecule has 11 rings (SSSR count). The zero-order valence-corrected chi connectivity index (χ0v) is 27.8. The van der Waals surface area contributed by atoms with Crippen LogP contribution in [-0.2, 0) is 0 Å². The van der Waals surface area contributed by atoms with Gasteiger partial charge >= 0.3 is 0 Å². The van der Waals surface area contributed by atoms with E-state index in [0.717, 1.165) is 34.0 Å². The molecule has 0 saturated heterocycles. The summed E-state index contributed by atoms with van der Waals surface area (Å²) in [6.45, 7) is 0. The van der Waals surface area contributed by atoms with E-state index >= 15 is 0 Å². The van der Waals surface area contributed by atoms with Crippen molar-refractivity contribution in [3.8, 4) is 16.8 Å². The second-order valence-corrected chi connectivity index (χ2v) is 13.7. The average molecular weight is 653 g/mol. The molecular formula is C48H32N2O. The highest BCUT2D eigenvalue weighted by Crippen LogP contribution is 2.52. The highest BCUT2D eigenvalue weighted by Gasteiger charge is 2.35. The van der Waals surface area contributed by atoms with Crippen LogP contribution in [0.4, 0.5) is 11.4 Å². The first-order valence-corrected chi connectivity index (χ1v) is 17.7. The maximum absolute atomic E-state index is 6.41. The fourth-order valence-electron chi connectivity index (χ4n) is 8.52. The van der Waals surface area contributed by atoms with Gasteiger partial charge in [0.25, 0.3) is 0 Å². The Labute approximate surface area is 295 Å². The van der Waals surface area contributed by atoms with Gasteiger partial charge in [0, 0.05) is 50.2 Å². The van der Waals surface area contributed by atoms with E-state index in [2.05, 4.69) is 185 Å². The van der Waals surface area contributed by atoms with Gasteiger partial charge in [-0.2, -0.15) is 0 Å². The summed E-state index contributed by atoms with van der Waals surface area (Å²) in [5, 5.41) is 4.79. The molecule has 3 nitrogen and oxygen atoms in total. The van der Waals surface area contributed by atoms with Gasteiger partial charge in [0.15, 0.2) is 0 Å². The molecule has 0 amide bonds. The molecule has 2 aliphatic rings. The summed E-state index contributed by atoms with van der Waals surface area (Å²) in [4.78, 5) is 2.44. The lowest BCUT2D eigenvalue weighted by Crippen LogP contribution is -2.15. The molecule has 7 aromatic carbocycles. The number of hydrogen-bond donors (Lipinski definition) is 0. The fraction of sp³-hybridized carbons (Fsp3) is 0.0417. The van der Waals surface area contributed by atoms with E-state index in [1.165, 1.54) is 66.7 Å². The second-order valence-electron chi connectivity index (χ2n) is 13.7. The lowest BCUT2D eigenvalue weighted by atomic mass is 9.87. The van der Waals surface area contributed by atoms with Gasteiger partial charge in [0.1, 0.15) is 11.2 Å². The number of aromatic nitrogens is 1. The minimum Gasteiger partial charge on any atom is -0.456 e. The van der Waals surface area contributed by atoms with Gasteiger partial charge in [0.05, 0.1) is 11.0 Å². The van der Waals surface area contributed by atoms with E-state index in [1.54, 1.807) is 0 Å². The number of allylic oxidation sites excluding steroid dienone is 4. The quantitative estimate of drug-likeness (QED) is 0.189. The number of fused-ring (bicyclic) bond motifs is 9. The predicted molar refractivity (Wildman–Crippen MR) is 212 cm³/mol. The van der Waals surface area contributed by atoms with Crippen molar-refractivity contribution in [1.82, 2.24) is 4.57 Å². The van der Waals surface area contributed by atoms with Crippen molar-refractivity contribution in [3.05, 3.63) is 193 Å². The lowest BCUT2D eigenvalue weighted by Gasteiger charge is -2.26. The summed E-state index contributed by atoms with van der Waals surface area (Å²) in [7, 11) is 0. The van der Waals surface area contributed by atoms with Crippen LogP contribution < -0.4 is 4.90 Å². The molecule has 1 aliphatic heterocycles. The number of hydrogen-bond acceptors (Lipinski definition) is 2. The van der Waals surface area contributed by atoms with Crippen LogP contribution in [0.25, 0.3) is 66.1 Å². The molecule has 0 bridgehead atoms. The highest BCUT2D eigenvalue weighted by molar-refractivity contribution is 6.11. The van der Waals surface area contributed by atoms with Gasteiger partial charge in [-0.05, 0) is 107 Å². The number of nitrogens with zero attached hydrogens (tertiary/aromatic N) is 2. The minimum absolute atomic E-state index is 0.351. The van der Waals surface area contributed by atoms with Crippen molar-refractivity contribution in [2.75, 3.05) is 4.90 Å². The first-order valence-electron chi connectivity index (χ1n) is 17.7. The van der Waals surface area contributed by atoms with Crippen LogP contribution in [0, 0.1) is 0 Å². The fourth-order valence-corrected chi connectivity index (χ4v) is 8.52. The van der Waals surface area contributed by atoms with E-state index in [-0.39, 0.29) is 0 Å². The predicted octanol–water partition coefficient (Wildman–Crippen LogP) is 13.0. The van der Waals surface area contributed by atoms with Gasteiger partial charge < -0.3 is 13.9 Å². The van der Waals surface area contributed by atoms with Gasteiger partial charge in [-0.3, -0.25) is 0 Å². The van der Waals surface area contributed by atoms with Gasteiger partial charge in [-0.15, -0.1) is 0 Å². The van der Waals surface area contributed by atoms with Crippen molar-refractivity contribution >= 4 is 60.7 Å². The molecule has 0 radical (unpaired) electrons. The van der Waals surface area contributed by atoms with Crippen LogP contribution >= 0.6 is 0 Å². The third-order valence-corrected chi connectivity index (χ3v) is 10.9. The van der Waals surface area contributed by atoms with Gasteiger partial charge in [-0.1, -0.05) is 103 Å². The molecule has 0 spiro atoms. The summed E-state index contributed by atoms with van der Waals surface area (Å²) in [5.74, 6) is 0.351. The number of para-hydroxylation sites is 4. The summed E-state index contributed by atoms with van der Waals surface area (Å²) < 4.78 is 8.79. The van der Waals surface area contributed by atoms with Crippen LogP contribution in [0.1, 0.15) is 23.5 Å². The lowest BCUT2D eigenvalue weighted by molar-refractivity contribution is 0.669. The molecule has 2 aromatic heterocycles. The third-order valence-electron chi connectivity index (χ3n) is 10.9. The van der Waals surface area contributed by atoms with Gasteiger partial charge in [0.2, 0.25) is 0 Å². The number of rotatable bonds is 4. The topological polar surface area (TPSA) is 21.3 Å². The summed E-state index contributed by atoms with van der Waals surface area (Å²) in [6.07, 6.45) is 5.78. The molecule has 51 heavy (non-hydrogen) atoms. The zero-order chi connectivity index (χ0) is 33.5. The maximum Gasteiger partial charge on any atom is 0.135 e. The van der Waals surface area contributed by atoms with E-state index in [0.29, 0.717) is 5.92 Å². The first-order chi connectivity index (χ1) is 25.3. The second kappa shape index (κ2) is 11.0. The van der Waals surface area contributed by atoms with Crippen molar-refractivity contribution in [3.63, 3.8) is 0 Å². The van der Waals surface area contributed by atoms with E-state index in [9.17, 15) is 0 Å². The average Bonchev–Trinajstić information content (AvgIpc) is 3.85. The molecule has 0 fully saturated rings. The summed E-state index contributed by atoms with van der Waals surface area (Å²) >= 11 is 0. The zero-order valence-electron chi connectivity index (χ0n) is 27.8. The molecule has 1 atom stereocenters. The first kappa shape index (κ1) is 28.3. The maximum atomic E-state index is 6.41. The number of anilines is 2. The summed E-state index contributed by atoms with van der Waals surface area (Å²) in [5.41, 5.74) is 15.4. The molecule has 9 aromatic rings. The molecule has 1 unspecified atom stereocenters.